The number of carbonyl (C=O) groups is 1. The van der Waals surface area contributed by atoms with Crippen molar-refractivity contribution >= 4 is 5.91 Å². The van der Waals surface area contributed by atoms with Crippen molar-refractivity contribution in [2.45, 2.75) is 77.7 Å². The van der Waals surface area contributed by atoms with Gasteiger partial charge in [-0.2, -0.15) is 0 Å². The Bertz CT molecular complexity index is 183. The second kappa shape index (κ2) is 11.9. The molecule has 0 aliphatic carbocycles. The van der Waals surface area contributed by atoms with Crippen LogP contribution in [0.3, 0.4) is 0 Å². The number of hydrogen-bond acceptors (Lipinski definition) is 2. The Hall–Kier alpha value is -0.570. The molecule has 0 aromatic rings. The van der Waals surface area contributed by atoms with Crippen LogP contribution in [0.5, 0.6) is 0 Å². The molecule has 0 saturated heterocycles. The lowest BCUT2D eigenvalue weighted by Crippen LogP contribution is -2.26. The van der Waals surface area contributed by atoms with Gasteiger partial charge in [0.1, 0.15) is 0 Å². The summed E-state index contributed by atoms with van der Waals surface area (Å²) in [5.41, 5.74) is 0. The summed E-state index contributed by atoms with van der Waals surface area (Å²) in [5.74, 6) is 0.129. The molecule has 2 N–H and O–H groups in total. The van der Waals surface area contributed by atoms with Gasteiger partial charge in [-0.1, -0.05) is 46.0 Å². The minimum Gasteiger partial charge on any atom is -0.393 e. The molecule has 1 atom stereocenters. The molecular formula is C14H29NO2. The number of rotatable bonds is 11. The number of hydrogen-bond donors (Lipinski definition) is 2. The van der Waals surface area contributed by atoms with Gasteiger partial charge in [0, 0.05) is 13.0 Å². The second-order valence-electron chi connectivity index (χ2n) is 4.72. The van der Waals surface area contributed by atoms with Crippen LogP contribution in [0, 0.1) is 0 Å². The summed E-state index contributed by atoms with van der Waals surface area (Å²) in [5, 5.41) is 12.2. The van der Waals surface area contributed by atoms with E-state index in [2.05, 4.69) is 12.2 Å². The number of nitrogens with one attached hydrogen (secondary N) is 1. The van der Waals surface area contributed by atoms with Crippen molar-refractivity contribution in [1.29, 1.82) is 0 Å². The predicted molar refractivity (Wildman–Crippen MR) is 71.9 cm³/mol. The van der Waals surface area contributed by atoms with Crippen LogP contribution < -0.4 is 5.32 Å². The van der Waals surface area contributed by atoms with Crippen LogP contribution in [0.2, 0.25) is 0 Å². The smallest absolute Gasteiger partial charge is 0.219 e. The number of unbranched alkanes of at least 4 members (excludes halogenated alkanes) is 5. The van der Waals surface area contributed by atoms with E-state index in [9.17, 15) is 9.90 Å². The zero-order chi connectivity index (χ0) is 12.9. The molecule has 0 aliphatic heterocycles. The van der Waals surface area contributed by atoms with Crippen molar-refractivity contribution in [1.82, 2.24) is 5.32 Å². The molecule has 1 amide bonds. The lowest BCUT2D eigenvalue weighted by Gasteiger charge is -2.08. The third kappa shape index (κ3) is 11.7. The Kier molecular flexibility index (Phi) is 11.5. The normalized spacial score (nSPS) is 12.4. The molecule has 0 spiro atoms. The molecule has 0 saturated carbocycles. The van der Waals surface area contributed by atoms with E-state index in [0.717, 1.165) is 19.3 Å². The van der Waals surface area contributed by atoms with E-state index < -0.39 is 0 Å². The summed E-state index contributed by atoms with van der Waals surface area (Å²) in [6, 6.07) is 0. The van der Waals surface area contributed by atoms with Crippen LogP contribution in [0.15, 0.2) is 0 Å². The van der Waals surface area contributed by atoms with Crippen molar-refractivity contribution in [3.8, 4) is 0 Å². The van der Waals surface area contributed by atoms with Gasteiger partial charge in [0.05, 0.1) is 6.10 Å². The Morgan fingerprint density at radius 1 is 1.12 bits per heavy atom. The summed E-state index contributed by atoms with van der Waals surface area (Å²) in [6.07, 6.45) is 9.04. The quantitative estimate of drug-likeness (QED) is 0.548. The number of aliphatic hydroxyl groups is 1. The van der Waals surface area contributed by atoms with Gasteiger partial charge in [-0.05, 0) is 19.3 Å². The molecular weight excluding hydrogens is 214 g/mol. The van der Waals surface area contributed by atoms with E-state index in [-0.39, 0.29) is 12.0 Å². The first kappa shape index (κ1) is 16.4. The van der Waals surface area contributed by atoms with Crippen LogP contribution in [0.25, 0.3) is 0 Å². The third-order valence-electron chi connectivity index (χ3n) is 3.03. The monoisotopic (exact) mass is 243 g/mol. The fourth-order valence-electron chi connectivity index (χ4n) is 1.74. The molecule has 0 heterocycles. The minimum absolute atomic E-state index is 0.129. The molecule has 102 valence electrons. The maximum absolute atomic E-state index is 11.4. The fourth-order valence-corrected chi connectivity index (χ4v) is 1.74. The second-order valence-corrected chi connectivity index (χ2v) is 4.72. The largest absolute Gasteiger partial charge is 0.393 e. The standard InChI is InChI=1S/C14H29NO2/c1-3-5-6-7-8-9-10-14(17)15-12-11-13(16)4-2/h13,16H,3-12H2,1-2H3,(H,15,17). The molecule has 17 heavy (non-hydrogen) atoms. The summed E-state index contributed by atoms with van der Waals surface area (Å²) in [7, 11) is 0. The van der Waals surface area contributed by atoms with E-state index >= 15 is 0 Å². The van der Waals surface area contributed by atoms with E-state index in [1.165, 1.54) is 25.7 Å². The lowest BCUT2D eigenvalue weighted by molar-refractivity contribution is -0.121. The van der Waals surface area contributed by atoms with Crippen LogP contribution in [0.4, 0.5) is 0 Å². The van der Waals surface area contributed by atoms with Gasteiger partial charge in [0.2, 0.25) is 5.91 Å². The average molecular weight is 243 g/mol. The lowest BCUT2D eigenvalue weighted by atomic mass is 10.1. The van der Waals surface area contributed by atoms with Gasteiger partial charge in [-0.25, -0.2) is 0 Å². The topological polar surface area (TPSA) is 49.3 Å². The average Bonchev–Trinajstić information content (AvgIpc) is 2.33. The third-order valence-corrected chi connectivity index (χ3v) is 3.03. The Morgan fingerprint density at radius 2 is 1.76 bits per heavy atom. The van der Waals surface area contributed by atoms with E-state index in [1.807, 2.05) is 6.92 Å². The van der Waals surface area contributed by atoms with E-state index in [4.69, 9.17) is 0 Å². The molecule has 0 aromatic heterocycles. The van der Waals surface area contributed by atoms with Gasteiger partial charge in [0.25, 0.3) is 0 Å². The first-order valence-corrected chi connectivity index (χ1v) is 7.15. The van der Waals surface area contributed by atoms with Crippen molar-refractivity contribution < 1.29 is 9.90 Å². The minimum atomic E-state index is -0.274. The molecule has 0 fully saturated rings. The predicted octanol–water partition coefficient (Wildman–Crippen LogP) is 3.01. The van der Waals surface area contributed by atoms with Crippen LogP contribution in [-0.2, 0) is 4.79 Å². The molecule has 3 heteroatoms. The molecule has 0 bridgehead atoms. The zero-order valence-electron chi connectivity index (χ0n) is 11.5. The first-order valence-electron chi connectivity index (χ1n) is 7.15. The van der Waals surface area contributed by atoms with Crippen molar-refractivity contribution in [2.75, 3.05) is 6.54 Å². The van der Waals surface area contributed by atoms with Crippen LogP contribution in [-0.4, -0.2) is 23.7 Å². The molecule has 1 unspecified atom stereocenters. The molecule has 0 radical (unpaired) electrons. The fraction of sp³-hybridized carbons (Fsp3) is 0.929. The molecule has 0 rings (SSSR count). The highest BCUT2D eigenvalue weighted by molar-refractivity contribution is 5.75. The van der Waals surface area contributed by atoms with Crippen molar-refractivity contribution in [3.63, 3.8) is 0 Å². The summed E-state index contributed by atoms with van der Waals surface area (Å²) >= 11 is 0. The number of carbonyl (C=O) groups excluding carboxylic acids is 1. The Labute approximate surface area is 106 Å². The molecule has 3 nitrogen and oxygen atoms in total. The van der Waals surface area contributed by atoms with Crippen molar-refractivity contribution in [2.24, 2.45) is 0 Å². The molecule has 0 aliphatic rings. The number of aliphatic hydroxyl groups excluding tert-OH is 1. The SMILES string of the molecule is CCCCCCCCC(=O)NCCC(O)CC. The Morgan fingerprint density at radius 3 is 2.41 bits per heavy atom. The number of amides is 1. The zero-order valence-corrected chi connectivity index (χ0v) is 11.5. The highest BCUT2D eigenvalue weighted by Crippen LogP contribution is 2.06. The first-order chi connectivity index (χ1) is 8.20. The van der Waals surface area contributed by atoms with Crippen LogP contribution >= 0.6 is 0 Å². The highest BCUT2D eigenvalue weighted by atomic mass is 16.3. The summed E-state index contributed by atoms with van der Waals surface area (Å²) < 4.78 is 0. The van der Waals surface area contributed by atoms with Gasteiger partial charge in [-0.15, -0.1) is 0 Å². The van der Waals surface area contributed by atoms with Crippen molar-refractivity contribution in [3.05, 3.63) is 0 Å². The molecule has 0 aromatic carbocycles. The van der Waals surface area contributed by atoms with E-state index in [1.54, 1.807) is 0 Å². The maximum Gasteiger partial charge on any atom is 0.219 e. The Balaban J connectivity index is 3.23. The van der Waals surface area contributed by atoms with Gasteiger partial charge < -0.3 is 10.4 Å². The summed E-state index contributed by atoms with van der Waals surface area (Å²) in [6.45, 7) is 4.75. The van der Waals surface area contributed by atoms with E-state index in [0.29, 0.717) is 19.4 Å². The summed E-state index contributed by atoms with van der Waals surface area (Å²) in [4.78, 5) is 11.4. The van der Waals surface area contributed by atoms with Crippen LogP contribution in [0.1, 0.15) is 71.6 Å². The van der Waals surface area contributed by atoms with Gasteiger partial charge >= 0.3 is 0 Å². The maximum atomic E-state index is 11.4. The highest BCUT2D eigenvalue weighted by Gasteiger charge is 2.03. The van der Waals surface area contributed by atoms with Gasteiger partial charge in [0.15, 0.2) is 0 Å². The van der Waals surface area contributed by atoms with Gasteiger partial charge in [-0.3, -0.25) is 4.79 Å².